The molecule has 114 valence electrons. The molecule has 0 saturated heterocycles. The van der Waals surface area contributed by atoms with Crippen LogP contribution in [0.2, 0.25) is 0 Å². The highest BCUT2D eigenvalue weighted by atomic mass is 16.5. The molecule has 1 unspecified atom stereocenters. The number of hydrogen-bond donors (Lipinski definition) is 0. The quantitative estimate of drug-likeness (QED) is 0.793. The van der Waals surface area contributed by atoms with Crippen molar-refractivity contribution < 1.29 is 9.53 Å². The number of rotatable bonds is 5. The highest BCUT2D eigenvalue weighted by molar-refractivity contribution is 5.80. The lowest BCUT2D eigenvalue weighted by molar-refractivity contribution is -0.147. The Bertz CT molecular complexity index is 646. The van der Waals surface area contributed by atoms with Crippen molar-refractivity contribution in [2.75, 3.05) is 6.61 Å². The minimum atomic E-state index is -0.468. The molecule has 0 aliphatic carbocycles. The molecule has 1 aromatic heterocycles. The third kappa shape index (κ3) is 3.40. The van der Waals surface area contributed by atoms with Crippen LogP contribution in [0.25, 0.3) is 11.0 Å². The second kappa shape index (κ2) is 6.24. The molecule has 0 amide bonds. The van der Waals surface area contributed by atoms with Gasteiger partial charge in [-0.05, 0) is 56.4 Å². The number of fused-ring (bicyclic) bond motifs is 1. The maximum atomic E-state index is 12.1. The minimum absolute atomic E-state index is 0.263. The van der Waals surface area contributed by atoms with Crippen LogP contribution in [-0.4, -0.2) is 27.6 Å². The summed E-state index contributed by atoms with van der Waals surface area (Å²) in [5.41, 5.74) is 4.00. The van der Waals surface area contributed by atoms with E-state index in [1.54, 1.807) is 11.6 Å². The van der Waals surface area contributed by atoms with E-state index < -0.39 is 6.04 Å². The van der Waals surface area contributed by atoms with Crippen LogP contribution in [0.4, 0.5) is 0 Å². The number of carbonyl (C=O) groups excluding carboxylic acids is 1. The van der Waals surface area contributed by atoms with Crippen LogP contribution in [0.3, 0.4) is 0 Å². The summed E-state index contributed by atoms with van der Waals surface area (Å²) >= 11 is 0. The number of nitrogens with zero attached hydrogens (tertiary/aromatic N) is 3. The predicted octanol–water partition coefficient (Wildman–Crippen LogP) is 3.20. The van der Waals surface area contributed by atoms with Crippen LogP contribution < -0.4 is 0 Å². The van der Waals surface area contributed by atoms with Crippen molar-refractivity contribution in [3.05, 3.63) is 23.3 Å². The van der Waals surface area contributed by atoms with Gasteiger partial charge in [-0.2, -0.15) is 0 Å². The van der Waals surface area contributed by atoms with Gasteiger partial charge in [0.2, 0.25) is 0 Å². The summed E-state index contributed by atoms with van der Waals surface area (Å²) in [5, 5.41) is 8.25. The second-order valence-electron chi connectivity index (χ2n) is 5.99. The lowest BCUT2D eigenvalue weighted by atomic mass is 10.1. The topological polar surface area (TPSA) is 57.0 Å². The van der Waals surface area contributed by atoms with E-state index in [4.69, 9.17) is 4.74 Å². The van der Waals surface area contributed by atoms with E-state index in [0.29, 0.717) is 12.5 Å². The fourth-order valence-corrected chi connectivity index (χ4v) is 2.10. The molecule has 0 bridgehead atoms. The third-order valence-corrected chi connectivity index (χ3v) is 3.73. The average molecular weight is 289 g/mol. The van der Waals surface area contributed by atoms with Gasteiger partial charge >= 0.3 is 5.97 Å². The van der Waals surface area contributed by atoms with Crippen molar-refractivity contribution in [2.45, 2.75) is 47.1 Å². The summed E-state index contributed by atoms with van der Waals surface area (Å²) in [5.74, 6) is 0.256. The summed E-state index contributed by atoms with van der Waals surface area (Å²) in [6, 6.07) is 3.54. The summed E-state index contributed by atoms with van der Waals surface area (Å²) in [7, 11) is 0. The first-order valence-corrected chi connectivity index (χ1v) is 7.39. The van der Waals surface area contributed by atoms with Gasteiger partial charge in [0.15, 0.2) is 0 Å². The molecule has 0 aliphatic heterocycles. The zero-order valence-corrected chi connectivity index (χ0v) is 13.4. The minimum Gasteiger partial charge on any atom is -0.464 e. The molecule has 0 spiro atoms. The van der Waals surface area contributed by atoms with E-state index in [9.17, 15) is 4.79 Å². The molecule has 1 aromatic carbocycles. The highest BCUT2D eigenvalue weighted by Gasteiger charge is 2.20. The third-order valence-electron chi connectivity index (χ3n) is 3.73. The Morgan fingerprint density at radius 1 is 1.24 bits per heavy atom. The molecule has 0 fully saturated rings. The Hall–Kier alpha value is -1.91. The lowest BCUT2D eigenvalue weighted by Crippen LogP contribution is -2.21. The molecule has 1 atom stereocenters. The number of benzene rings is 1. The second-order valence-corrected chi connectivity index (χ2v) is 5.99. The number of aromatic nitrogens is 3. The zero-order valence-electron chi connectivity index (χ0n) is 13.4. The van der Waals surface area contributed by atoms with Crippen molar-refractivity contribution in [2.24, 2.45) is 5.92 Å². The first-order chi connectivity index (χ1) is 9.90. The molecule has 1 heterocycles. The molecule has 21 heavy (non-hydrogen) atoms. The van der Waals surface area contributed by atoms with E-state index in [1.807, 2.05) is 26.0 Å². The van der Waals surface area contributed by atoms with Gasteiger partial charge in [0.05, 0.1) is 12.1 Å². The van der Waals surface area contributed by atoms with E-state index in [-0.39, 0.29) is 5.97 Å². The molecule has 0 aliphatic rings. The maximum absolute atomic E-state index is 12.1. The largest absolute Gasteiger partial charge is 0.464 e. The van der Waals surface area contributed by atoms with E-state index in [0.717, 1.165) is 23.0 Å². The van der Waals surface area contributed by atoms with E-state index >= 15 is 0 Å². The van der Waals surface area contributed by atoms with Crippen LogP contribution in [0.15, 0.2) is 12.1 Å². The van der Waals surface area contributed by atoms with Gasteiger partial charge in [-0.15, -0.1) is 5.10 Å². The Morgan fingerprint density at radius 2 is 1.90 bits per heavy atom. The van der Waals surface area contributed by atoms with Gasteiger partial charge < -0.3 is 4.74 Å². The van der Waals surface area contributed by atoms with Crippen LogP contribution >= 0.6 is 0 Å². The first-order valence-electron chi connectivity index (χ1n) is 7.39. The Balaban J connectivity index is 2.17. The summed E-state index contributed by atoms with van der Waals surface area (Å²) in [6.07, 6.45) is 0.870. The van der Waals surface area contributed by atoms with Crippen molar-refractivity contribution in [1.29, 1.82) is 0 Å². The molecule has 0 saturated carbocycles. The number of aryl methyl sites for hydroxylation is 2. The zero-order chi connectivity index (χ0) is 15.6. The average Bonchev–Trinajstić information content (AvgIpc) is 2.80. The molecule has 2 aromatic rings. The fourth-order valence-electron chi connectivity index (χ4n) is 2.10. The fraction of sp³-hybridized carbons (Fsp3) is 0.562. The van der Waals surface area contributed by atoms with Crippen LogP contribution in [0.5, 0.6) is 0 Å². The molecule has 2 rings (SSSR count). The molecule has 5 nitrogen and oxygen atoms in total. The normalized spacial score (nSPS) is 12.9. The number of carbonyl (C=O) groups is 1. The lowest BCUT2D eigenvalue weighted by Gasteiger charge is -2.13. The highest BCUT2D eigenvalue weighted by Crippen LogP contribution is 2.20. The molecule has 0 N–H and O–H groups in total. The number of ether oxygens (including phenoxy) is 1. The van der Waals surface area contributed by atoms with E-state index in [2.05, 4.69) is 24.2 Å². The molecule has 0 radical (unpaired) electrons. The van der Waals surface area contributed by atoms with Crippen molar-refractivity contribution >= 4 is 17.0 Å². The molecular formula is C16H23N3O2. The van der Waals surface area contributed by atoms with Gasteiger partial charge in [-0.3, -0.25) is 0 Å². The van der Waals surface area contributed by atoms with Crippen LogP contribution in [-0.2, 0) is 9.53 Å². The smallest absolute Gasteiger partial charge is 0.330 e. The van der Waals surface area contributed by atoms with Crippen molar-refractivity contribution in [3.63, 3.8) is 0 Å². The summed E-state index contributed by atoms with van der Waals surface area (Å²) < 4.78 is 6.95. The monoisotopic (exact) mass is 289 g/mol. The van der Waals surface area contributed by atoms with Crippen LogP contribution in [0, 0.1) is 19.8 Å². The SMILES string of the molecule is Cc1cc2nnn(C(C)C(=O)OCCC(C)C)c2cc1C. The Morgan fingerprint density at radius 3 is 2.57 bits per heavy atom. The standard InChI is InChI=1S/C16H23N3O2/c1-10(2)6-7-21-16(20)13(5)19-15-9-12(4)11(3)8-14(15)17-18-19/h8-10,13H,6-7H2,1-5H3. The van der Waals surface area contributed by atoms with Gasteiger partial charge in [0.1, 0.15) is 11.6 Å². The van der Waals surface area contributed by atoms with Gasteiger partial charge in [-0.25, -0.2) is 9.48 Å². The van der Waals surface area contributed by atoms with Crippen molar-refractivity contribution in [3.8, 4) is 0 Å². The van der Waals surface area contributed by atoms with Crippen LogP contribution in [0.1, 0.15) is 44.4 Å². The maximum Gasteiger partial charge on any atom is 0.330 e. The predicted molar refractivity (Wildman–Crippen MR) is 82.1 cm³/mol. The Kier molecular flexibility index (Phi) is 4.60. The Labute approximate surface area is 125 Å². The van der Waals surface area contributed by atoms with Crippen molar-refractivity contribution in [1.82, 2.24) is 15.0 Å². The van der Waals surface area contributed by atoms with E-state index in [1.165, 1.54) is 5.56 Å². The number of hydrogen-bond acceptors (Lipinski definition) is 4. The summed E-state index contributed by atoms with van der Waals surface area (Å²) in [6.45, 7) is 10.5. The van der Waals surface area contributed by atoms with Gasteiger partial charge in [0.25, 0.3) is 0 Å². The molecular weight excluding hydrogens is 266 g/mol. The van der Waals surface area contributed by atoms with Gasteiger partial charge in [-0.1, -0.05) is 19.1 Å². The number of esters is 1. The van der Waals surface area contributed by atoms with Gasteiger partial charge in [0, 0.05) is 0 Å². The molecule has 5 heteroatoms. The first kappa shape index (κ1) is 15.5. The summed E-state index contributed by atoms with van der Waals surface area (Å²) in [4.78, 5) is 12.1.